The van der Waals surface area contributed by atoms with E-state index in [1.165, 1.54) is 22.3 Å². The Kier molecular flexibility index (Phi) is 5.50. The zero-order chi connectivity index (χ0) is 18.2. The van der Waals surface area contributed by atoms with E-state index >= 15 is 0 Å². The second kappa shape index (κ2) is 8.05. The molecule has 3 aliphatic heterocycles. The summed E-state index contributed by atoms with van der Waals surface area (Å²) >= 11 is 0. The molecule has 0 atom stereocenters. The second-order valence-electron chi connectivity index (χ2n) is 7.44. The van der Waals surface area contributed by atoms with Crippen LogP contribution in [0.25, 0.3) is 0 Å². The van der Waals surface area contributed by atoms with Gasteiger partial charge in [-0.2, -0.15) is 55.2 Å². The molecule has 148 valence electrons. The quantitative estimate of drug-likeness (QED) is 0.465. The van der Waals surface area contributed by atoms with Crippen molar-refractivity contribution in [2.75, 3.05) is 0 Å². The van der Waals surface area contributed by atoms with Gasteiger partial charge in [-0.15, -0.1) is 22.3 Å². The average molecular weight is 551 g/mol. The molecule has 0 aromatic heterocycles. The summed E-state index contributed by atoms with van der Waals surface area (Å²) in [7, 11) is 0. The molecule has 0 N–H and O–H groups in total. The van der Waals surface area contributed by atoms with Crippen molar-refractivity contribution in [3.05, 3.63) is 102 Å². The van der Waals surface area contributed by atoms with Gasteiger partial charge in [0.15, 0.2) is 0 Å². The van der Waals surface area contributed by atoms with Crippen molar-refractivity contribution >= 4 is 0 Å². The van der Waals surface area contributed by atoms with E-state index in [9.17, 15) is 0 Å². The fourth-order valence-corrected chi connectivity index (χ4v) is 3.90. The zero-order valence-electron chi connectivity index (χ0n) is 15.9. The van der Waals surface area contributed by atoms with Gasteiger partial charge in [0.1, 0.15) is 0 Å². The van der Waals surface area contributed by atoms with E-state index in [0.717, 1.165) is 26.2 Å². The normalized spacial score (nSPS) is 18.6. The summed E-state index contributed by atoms with van der Waals surface area (Å²) in [5.74, 6) is 0. The third kappa shape index (κ3) is 3.98. The van der Waals surface area contributed by atoms with Crippen LogP contribution in [0.3, 0.4) is 0 Å². The minimum Gasteiger partial charge on any atom is -0.506 e. The van der Waals surface area contributed by atoms with Crippen molar-refractivity contribution < 1.29 is 21.1 Å². The van der Waals surface area contributed by atoms with Crippen molar-refractivity contribution in [1.29, 1.82) is 0 Å². The number of fused-ring (bicyclic) bond motifs is 8. The maximum Gasteiger partial charge on any atom is 0.0982 e. The molecule has 0 aliphatic carbocycles. The molecule has 8 bridgehead atoms. The Morgan fingerprint density at radius 2 is 1.14 bits per heavy atom. The number of rotatable bonds is 0. The molecule has 0 spiro atoms. The van der Waals surface area contributed by atoms with Crippen LogP contribution >= 0.6 is 0 Å². The Hall–Kier alpha value is -2.19. The molecule has 0 amide bonds. The van der Waals surface area contributed by atoms with Crippen LogP contribution < -0.4 is 0 Å². The molecule has 0 unspecified atom stereocenters. The van der Waals surface area contributed by atoms with E-state index in [0.29, 0.717) is 6.17 Å². The number of benzene rings is 2. The molecule has 5 rings (SSSR count). The van der Waals surface area contributed by atoms with E-state index in [-0.39, 0.29) is 21.1 Å². The fourth-order valence-electron chi connectivity index (χ4n) is 3.90. The smallest absolute Gasteiger partial charge is 0.0982 e. The van der Waals surface area contributed by atoms with Crippen LogP contribution in [0, 0.1) is 18.8 Å². The Balaban J connectivity index is 0.00000192. The Morgan fingerprint density at radius 1 is 0.714 bits per heavy atom. The Labute approximate surface area is 182 Å². The molecule has 5 heteroatoms. The number of hydrogen-bond acceptors (Lipinski definition) is 4. The molecule has 0 fully saturated rings. The molecule has 4 nitrogen and oxygen atoms in total. The Bertz CT molecular complexity index is 824. The largest absolute Gasteiger partial charge is 0.506 e. The van der Waals surface area contributed by atoms with E-state index in [2.05, 4.69) is 107 Å². The molecule has 0 saturated heterocycles. The third-order valence-electron chi connectivity index (χ3n) is 5.40. The van der Waals surface area contributed by atoms with Crippen LogP contribution in [0.4, 0.5) is 0 Å². The summed E-state index contributed by atoms with van der Waals surface area (Å²) in [5.41, 5.74) is 4.88. The van der Waals surface area contributed by atoms with Gasteiger partial charge in [-0.25, -0.2) is 0 Å². The van der Waals surface area contributed by atoms with E-state index < -0.39 is 0 Å². The molecule has 3 heterocycles. The van der Waals surface area contributed by atoms with Crippen LogP contribution in [0.2, 0.25) is 0 Å². The SMILES string of the molecule is CC1N2C=CN1Cc1[c-]c(ccc1)CN1C=CN([CH-]1)Cc1[c-]c(ccc1)C2.[Pt]. The summed E-state index contributed by atoms with van der Waals surface area (Å²) < 4.78 is 0. The second-order valence-corrected chi connectivity index (χ2v) is 7.44. The van der Waals surface area contributed by atoms with Crippen LogP contribution in [0.15, 0.2) is 61.2 Å². The summed E-state index contributed by atoms with van der Waals surface area (Å²) in [6, 6.07) is 20.1. The van der Waals surface area contributed by atoms with Gasteiger partial charge in [0.05, 0.1) is 6.17 Å². The van der Waals surface area contributed by atoms with E-state index in [1.807, 2.05) is 0 Å². The van der Waals surface area contributed by atoms with Crippen molar-refractivity contribution in [3.63, 3.8) is 0 Å². The van der Waals surface area contributed by atoms with Gasteiger partial charge in [-0.3, -0.25) is 0 Å². The van der Waals surface area contributed by atoms with Gasteiger partial charge in [0, 0.05) is 46.6 Å². The van der Waals surface area contributed by atoms with Crippen LogP contribution in [0.1, 0.15) is 29.2 Å². The number of hydrogen-bond donors (Lipinski definition) is 0. The van der Waals surface area contributed by atoms with E-state index in [1.54, 1.807) is 0 Å². The first kappa shape index (κ1) is 19.1. The molecule has 0 saturated carbocycles. The minimum atomic E-state index is 0. The molecule has 2 aromatic rings. The van der Waals surface area contributed by atoms with Gasteiger partial charge in [-0.1, -0.05) is 0 Å². The van der Waals surface area contributed by atoms with Crippen molar-refractivity contribution in [2.24, 2.45) is 0 Å². The minimum absolute atomic E-state index is 0. The summed E-state index contributed by atoms with van der Waals surface area (Å²) in [4.78, 5) is 9.17. The molecule has 0 radical (unpaired) electrons. The van der Waals surface area contributed by atoms with Crippen LogP contribution in [-0.2, 0) is 47.2 Å². The molecular weight excluding hydrogens is 527 g/mol. The molecule has 3 aliphatic rings. The maximum absolute atomic E-state index is 3.60. The van der Waals surface area contributed by atoms with E-state index in [4.69, 9.17) is 0 Å². The van der Waals surface area contributed by atoms with Gasteiger partial charge >= 0.3 is 0 Å². The monoisotopic (exact) mass is 550 g/mol. The van der Waals surface area contributed by atoms with Crippen molar-refractivity contribution in [3.8, 4) is 0 Å². The topological polar surface area (TPSA) is 13.0 Å². The number of nitrogens with zero attached hydrogens (tertiary/aromatic N) is 4. The van der Waals surface area contributed by atoms with Gasteiger partial charge in [0.25, 0.3) is 0 Å². The fraction of sp³-hybridized carbons (Fsp3) is 0.261. The van der Waals surface area contributed by atoms with Gasteiger partial charge in [0.2, 0.25) is 0 Å². The first-order valence-electron chi connectivity index (χ1n) is 9.48. The summed E-state index contributed by atoms with van der Waals surface area (Å²) in [6.45, 7) is 7.83. The van der Waals surface area contributed by atoms with Gasteiger partial charge in [-0.05, 0) is 32.4 Å². The zero-order valence-corrected chi connectivity index (χ0v) is 18.1. The predicted molar refractivity (Wildman–Crippen MR) is 105 cm³/mol. The van der Waals surface area contributed by atoms with Crippen molar-refractivity contribution in [1.82, 2.24) is 19.6 Å². The standard InChI is InChI=1S/C23H23N4.Pt/c1-19-26-10-11-27(19)17-23-7-3-5-21(13-23)15-25-9-8-24(18-25)14-20-4-2-6-22(12-20)16-26;/h2-11,18-19H,14-17H2,1H3;/q-3;. The van der Waals surface area contributed by atoms with Crippen LogP contribution in [-0.4, -0.2) is 25.8 Å². The average Bonchev–Trinajstić information content (AvgIpc) is 3.23. The van der Waals surface area contributed by atoms with Crippen LogP contribution in [0.5, 0.6) is 0 Å². The first-order valence-corrected chi connectivity index (χ1v) is 9.48. The third-order valence-corrected chi connectivity index (χ3v) is 5.40. The predicted octanol–water partition coefficient (Wildman–Crippen LogP) is 3.64. The molecule has 2 aromatic carbocycles. The first-order chi connectivity index (χ1) is 13.2. The van der Waals surface area contributed by atoms with Crippen molar-refractivity contribution in [2.45, 2.75) is 39.3 Å². The maximum atomic E-state index is 3.60. The summed E-state index contributed by atoms with van der Waals surface area (Å²) in [6.07, 6.45) is 8.97. The van der Waals surface area contributed by atoms with Gasteiger partial charge < -0.3 is 19.6 Å². The molecule has 28 heavy (non-hydrogen) atoms. The summed E-state index contributed by atoms with van der Waals surface area (Å²) in [5, 5.41) is 0. The molecular formula is C23H23N4Pt-3. The Morgan fingerprint density at radius 3 is 1.61 bits per heavy atom.